The second-order valence-electron chi connectivity index (χ2n) is 3.41. The van der Waals surface area contributed by atoms with Gasteiger partial charge in [0.15, 0.2) is 11.6 Å². The van der Waals surface area contributed by atoms with Crippen LogP contribution in [0.25, 0.3) is 0 Å². The lowest BCUT2D eigenvalue weighted by molar-refractivity contribution is -0.384. The van der Waals surface area contributed by atoms with Crippen molar-refractivity contribution in [3.63, 3.8) is 0 Å². The number of hydrogen-bond acceptors (Lipinski definition) is 3. The van der Waals surface area contributed by atoms with Gasteiger partial charge in [0, 0.05) is 12.1 Å². The molecule has 2 aromatic rings. The lowest BCUT2D eigenvalue weighted by Crippen LogP contribution is -1.90. The minimum absolute atomic E-state index is 0.0312. The number of nitro groups is 1. The Bertz CT molecular complexity index is 586. The number of nitrogens with zero attached hydrogens (tertiary/aromatic N) is 1. The van der Waals surface area contributed by atoms with E-state index in [0.29, 0.717) is 5.75 Å². The van der Waals surface area contributed by atoms with Crippen LogP contribution in [0, 0.1) is 15.9 Å². The second-order valence-corrected chi connectivity index (χ2v) is 3.81. The first-order chi connectivity index (χ1) is 8.58. The van der Waals surface area contributed by atoms with Crippen molar-refractivity contribution in [3.8, 4) is 11.5 Å². The summed E-state index contributed by atoms with van der Waals surface area (Å²) in [6, 6.07) is 9.70. The molecule has 6 heteroatoms. The number of rotatable bonds is 3. The van der Waals surface area contributed by atoms with E-state index in [1.165, 1.54) is 36.4 Å². The van der Waals surface area contributed by atoms with Crippen molar-refractivity contribution < 1.29 is 14.1 Å². The SMILES string of the molecule is O=[N+]([O-])c1ccc(Oc2cccc(Cl)c2F)cc1. The fraction of sp³-hybridized carbons (Fsp3) is 0. The first-order valence-electron chi connectivity index (χ1n) is 4.94. The van der Waals surface area contributed by atoms with Crippen LogP contribution in [-0.4, -0.2) is 4.92 Å². The van der Waals surface area contributed by atoms with Gasteiger partial charge in [-0.3, -0.25) is 10.1 Å². The van der Waals surface area contributed by atoms with E-state index >= 15 is 0 Å². The average molecular weight is 268 g/mol. The predicted molar refractivity (Wildman–Crippen MR) is 64.6 cm³/mol. The third-order valence-corrected chi connectivity index (χ3v) is 2.48. The summed E-state index contributed by atoms with van der Waals surface area (Å²) in [5.41, 5.74) is -0.0612. The topological polar surface area (TPSA) is 52.4 Å². The maximum absolute atomic E-state index is 13.5. The molecule has 18 heavy (non-hydrogen) atoms. The minimum Gasteiger partial charge on any atom is -0.454 e. The number of non-ortho nitro benzene ring substituents is 1. The maximum atomic E-state index is 13.5. The summed E-state index contributed by atoms with van der Waals surface area (Å²) in [5, 5.41) is 10.4. The molecule has 0 aliphatic heterocycles. The maximum Gasteiger partial charge on any atom is 0.269 e. The highest BCUT2D eigenvalue weighted by Crippen LogP contribution is 2.29. The number of ether oxygens (including phenoxy) is 1. The van der Waals surface area contributed by atoms with Crippen molar-refractivity contribution in [2.75, 3.05) is 0 Å². The molecular weight excluding hydrogens is 261 g/mol. The Balaban J connectivity index is 2.24. The zero-order chi connectivity index (χ0) is 13.1. The Kier molecular flexibility index (Phi) is 3.43. The van der Waals surface area contributed by atoms with Gasteiger partial charge in [-0.25, -0.2) is 4.39 Å². The molecule has 0 saturated heterocycles. The number of benzene rings is 2. The summed E-state index contributed by atoms with van der Waals surface area (Å²) in [6.07, 6.45) is 0. The zero-order valence-electron chi connectivity index (χ0n) is 8.97. The molecule has 4 nitrogen and oxygen atoms in total. The lowest BCUT2D eigenvalue weighted by Gasteiger charge is -2.06. The number of hydrogen-bond donors (Lipinski definition) is 0. The summed E-state index contributed by atoms with van der Waals surface area (Å²) in [4.78, 5) is 9.93. The van der Waals surface area contributed by atoms with Gasteiger partial charge < -0.3 is 4.74 Å². The van der Waals surface area contributed by atoms with Crippen LogP contribution in [0.15, 0.2) is 42.5 Å². The molecule has 0 bridgehead atoms. The van der Waals surface area contributed by atoms with E-state index < -0.39 is 10.7 Å². The van der Waals surface area contributed by atoms with Gasteiger partial charge in [-0.2, -0.15) is 0 Å². The lowest BCUT2D eigenvalue weighted by atomic mass is 10.3. The smallest absolute Gasteiger partial charge is 0.269 e. The van der Waals surface area contributed by atoms with Gasteiger partial charge in [-0.15, -0.1) is 0 Å². The Morgan fingerprint density at radius 3 is 2.44 bits per heavy atom. The van der Waals surface area contributed by atoms with Crippen LogP contribution >= 0.6 is 11.6 Å². The van der Waals surface area contributed by atoms with Crippen molar-refractivity contribution >= 4 is 17.3 Å². The molecule has 92 valence electrons. The highest BCUT2D eigenvalue weighted by molar-refractivity contribution is 6.30. The average Bonchev–Trinajstić information content (AvgIpc) is 2.36. The first kappa shape index (κ1) is 12.3. The molecule has 0 radical (unpaired) electrons. The van der Waals surface area contributed by atoms with Crippen LogP contribution < -0.4 is 4.74 Å². The van der Waals surface area contributed by atoms with Crippen molar-refractivity contribution in [2.45, 2.75) is 0 Å². The largest absolute Gasteiger partial charge is 0.454 e. The normalized spacial score (nSPS) is 10.1. The van der Waals surface area contributed by atoms with Crippen LogP contribution in [-0.2, 0) is 0 Å². The van der Waals surface area contributed by atoms with Crippen LogP contribution in [0.5, 0.6) is 11.5 Å². The predicted octanol–water partition coefficient (Wildman–Crippen LogP) is 4.18. The van der Waals surface area contributed by atoms with Crippen molar-refractivity contribution in [1.82, 2.24) is 0 Å². The molecule has 0 aliphatic carbocycles. The highest BCUT2D eigenvalue weighted by atomic mass is 35.5. The molecule has 0 fully saturated rings. The third-order valence-electron chi connectivity index (χ3n) is 2.19. The Labute approximate surface area is 107 Å². The fourth-order valence-electron chi connectivity index (χ4n) is 1.33. The fourth-order valence-corrected chi connectivity index (χ4v) is 1.49. The molecule has 2 aromatic carbocycles. The molecule has 2 rings (SSSR count). The van der Waals surface area contributed by atoms with Gasteiger partial charge in [-0.05, 0) is 24.3 Å². The molecule has 0 unspecified atom stereocenters. The summed E-state index contributed by atoms with van der Waals surface area (Å²) >= 11 is 5.60. The molecule has 0 amide bonds. The van der Waals surface area contributed by atoms with Gasteiger partial charge in [0.05, 0.1) is 9.95 Å². The molecule has 0 N–H and O–H groups in total. The highest BCUT2D eigenvalue weighted by Gasteiger charge is 2.09. The molecule has 0 heterocycles. The van der Waals surface area contributed by atoms with Gasteiger partial charge in [0.2, 0.25) is 0 Å². The molecule has 0 spiro atoms. The van der Waals surface area contributed by atoms with E-state index in [9.17, 15) is 14.5 Å². The number of halogens is 2. The quantitative estimate of drug-likeness (QED) is 0.619. The first-order valence-corrected chi connectivity index (χ1v) is 5.32. The van der Waals surface area contributed by atoms with Crippen molar-refractivity contribution in [3.05, 3.63) is 63.4 Å². The Morgan fingerprint density at radius 1 is 1.17 bits per heavy atom. The molecular formula is C12H7ClFNO3. The third kappa shape index (κ3) is 2.57. The van der Waals surface area contributed by atoms with Crippen LogP contribution in [0.1, 0.15) is 0 Å². The summed E-state index contributed by atoms with van der Waals surface area (Å²) in [7, 11) is 0. The van der Waals surface area contributed by atoms with Gasteiger partial charge >= 0.3 is 0 Å². The zero-order valence-corrected chi connectivity index (χ0v) is 9.73. The van der Waals surface area contributed by atoms with E-state index in [-0.39, 0.29) is 16.5 Å². The summed E-state index contributed by atoms with van der Waals surface area (Å²) < 4.78 is 18.8. The van der Waals surface area contributed by atoms with Crippen LogP contribution in [0.2, 0.25) is 5.02 Å². The standard InChI is InChI=1S/C12H7ClFNO3/c13-10-2-1-3-11(12(10)14)18-9-6-4-8(5-7-9)15(16)17/h1-7H. The van der Waals surface area contributed by atoms with E-state index in [1.54, 1.807) is 6.07 Å². The molecule has 0 aliphatic rings. The van der Waals surface area contributed by atoms with Gasteiger partial charge in [0.25, 0.3) is 5.69 Å². The molecule has 0 aromatic heterocycles. The van der Waals surface area contributed by atoms with Crippen molar-refractivity contribution in [2.24, 2.45) is 0 Å². The van der Waals surface area contributed by atoms with E-state index in [1.807, 2.05) is 0 Å². The van der Waals surface area contributed by atoms with Gasteiger partial charge in [0.1, 0.15) is 5.75 Å². The van der Waals surface area contributed by atoms with E-state index in [2.05, 4.69) is 0 Å². The van der Waals surface area contributed by atoms with E-state index in [4.69, 9.17) is 16.3 Å². The summed E-state index contributed by atoms with van der Waals surface area (Å²) in [6.45, 7) is 0. The van der Waals surface area contributed by atoms with Crippen molar-refractivity contribution in [1.29, 1.82) is 0 Å². The molecule has 0 atom stereocenters. The van der Waals surface area contributed by atoms with Crippen LogP contribution in [0.3, 0.4) is 0 Å². The van der Waals surface area contributed by atoms with Gasteiger partial charge in [-0.1, -0.05) is 17.7 Å². The number of nitro benzene ring substituents is 1. The Hall–Kier alpha value is -2.14. The Morgan fingerprint density at radius 2 is 1.83 bits per heavy atom. The molecule has 0 saturated carbocycles. The monoisotopic (exact) mass is 267 g/mol. The minimum atomic E-state index is -0.669. The second kappa shape index (κ2) is 5.01. The van der Waals surface area contributed by atoms with E-state index in [0.717, 1.165) is 0 Å². The summed E-state index contributed by atoms with van der Waals surface area (Å²) in [5.74, 6) is -0.407. The van der Waals surface area contributed by atoms with Crippen LogP contribution in [0.4, 0.5) is 10.1 Å².